The first kappa shape index (κ1) is 17.2. The Morgan fingerprint density at radius 2 is 1.92 bits per heavy atom. The Kier molecular flexibility index (Phi) is 4.76. The summed E-state index contributed by atoms with van der Waals surface area (Å²) in [4.78, 5) is 14.4. The molecule has 1 aliphatic rings. The van der Waals surface area contributed by atoms with Crippen molar-refractivity contribution in [2.75, 3.05) is 19.7 Å². The summed E-state index contributed by atoms with van der Waals surface area (Å²) in [6, 6.07) is 16.0. The topological polar surface area (TPSA) is 60.8 Å². The molecule has 1 fully saturated rings. The van der Waals surface area contributed by atoms with E-state index in [1.807, 2.05) is 36.4 Å². The van der Waals surface area contributed by atoms with Crippen LogP contribution in [0.25, 0.3) is 21.2 Å². The van der Waals surface area contributed by atoms with E-state index in [2.05, 4.69) is 17.5 Å². The molecule has 2 heterocycles. The molecule has 0 bridgehead atoms. The second-order valence-electron chi connectivity index (χ2n) is 6.77. The number of hydrogen-bond acceptors (Lipinski definition) is 4. The fraction of sp³-hybridized carbons (Fsp3) is 0.286. The average Bonchev–Trinajstić information content (AvgIpc) is 3.11. The maximum Gasteiger partial charge on any atom is 0.253 e. The summed E-state index contributed by atoms with van der Waals surface area (Å²) in [5, 5.41) is 22.7. The van der Waals surface area contributed by atoms with Crippen LogP contribution >= 0.6 is 11.3 Å². The predicted octanol–water partition coefficient (Wildman–Crippen LogP) is 3.38. The minimum Gasteiger partial charge on any atom is -0.396 e. The van der Waals surface area contributed by atoms with E-state index in [0.717, 1.165) is 5.56 Å². The average molecular weight is 367 g/mol. The standard InChI is InChI=1S/C21H21NO3S/c23-12-16-9-10-22(11-19(16)24)21(25)15-7-5-14(6-8-15)18-13-26-20-4-2-1-3-17(18)20/h1-8,13,16,19,23-24H,9-12H2/t16-,19-/m1/s1. The molecule has 134 valence electrons. The van der Waals surface area contributed by atoms with E-state index in [0.29, 0.717) is 18.5 Å². The minimum absolute atomic E-state index is 0.0352. The highest BCUT2D eigenvalue weighted by atomic mass is 32.1. The van der Waals surface area contributed by atoms with Gasteiger partial charge >= 0.3 is 0 Å². The molecule has 0 radical (unpaired) electrons. The summed E-state index contributed by atoms with van der Waals surface area (Å²) >= 11 is 1.72. The first-order valence-electron chi connectivity index (χ1n) is 8.82. The smallest absolute Gasteiger partial charge is 0.253 e. The second-order valence-corrected chi connectivity index (χ2v) is 7.68. The Balaban J connectivity index is 1.54. The lowest BCUT2D eigenvalue weighted by Crippen LogP contribution is -2.47. The van der Waals surface area contributed by atoms with E-state index in [9.17, 15) is 15.0 Å². The number of hydrogen-bond donors (Lipinski definition) is 2. The number of carbonyl (C=O) groups is 1. The van der Waals surface area contributed by atoms with Crippen molar-refractivity contribution >= 4 is 27.3 Å². The fourth-order valence-corrected chi connectivity index (χ4v) is 4.52. The van der Waals surface area contributed by atoms with Gasteiger partial charge in [0.25, 0.3) is 5.91 Å². The molecule has 1 amide bonds. The molecule has 0 unspecified atom stereocenters. The van der Waals surface area contributed by atoms with Gasteiger partial charge in [0.15, 0.2) is 0 Å². The highest BCUT2D eigenvalue weighted by Crippen LogP contribution is 2.34. The van der Waals surface area contributed by atoms with Crippen LogP contribution in [0.4, 0.5) is 0 Å². The van der Waals surface area contributed by atoms with Gasteiger partial charge in [0.1, 0.15) is 0 Å². The van der Waals surface area contributed by atoms with Gasteiger partial charge in [-0.05, 0) is 35.6 Å². The van der Waals surface area contributed by atoms with Crippen LogP contribution in [-0.4, -0.2) is 46.8 Å². The molecular weight excluding hydrogens is 346 g/mol. The van der Waals surface area contributed by atoms with Crippen LogP contribution in [-0.2, 0) is 0 Å². The molecule has 1 saturated heterocycles. The Morgan fingerprint density at radius 3 is 2.65 bits per heavy atom. The zero-order valence-corrected chi connectivity index (χ0v) is 15.2. The van der Waals surface area contributed by atoms with Crippen molar-refractivity contribution in [3.63, 3.8) is 0 Å². The largest absolute Gasteiger partial charge is 0.396 e. The van der Waals surface area contributed by atoms with Crippen LogP contribution < -0.4 is 0 Å². The maximum atomic E-state index is 12.7. The quantitative estimate of drug-likeness (QED) is 0.746. The number of aliphatic hydroxyl groups excluding tert-OH is 2. The van der Waals surface area contributed by atoms with Crippen LogP contribution in [0.1, 0.15) is 16.8 Å². The van der Waals surface area contributed by atoms with E-state index < -0.39 is 6.10 Å². The molecule has 0 saturated carbocycles. The number of benzene rings is 2. The van der Waals surface area contributed by atoms with Crippen molar-refractivity contribution < 1.29 is 15.0 Å². The number of likely N-dealkylation sites (tertiary alicyclic amines) is 1. The van der Waals surface area contributed by atoms with Gasteiger partial charge in [-0.2, -0.15) is 0 Å². The molecular formula is C21H21NO3S. The highest BCUT2D eigenvalue weighted by Gasteiger charge is 2.30. The number of fused-ring (bicyclic) bond motifs is 1. The molecule has 3 aromatic rings. The van der Waals surface area contributed by atoms with Gasteiger partial charge in [-0.15, -0.1) is 11.3 Å². The summed E-state index contributed by atoms with van der Waals surface area (Å²) in [5.74, 6) is -0.199. The molecule has 26 heavy (non-hydrogen) atoms. The number of carbonyl (C=O) groups excluding carboxylic acids is 1. The molecule has 4 rings (SSSR count). The van der Waals surface area contributed by atoms with Gasteiger partial charge in [-0.3, -0.25) is 4.79 Å². The first-order valence-corrected chi connectivity index (χ1v) is 9.70. The third-order valence-corrected chi connectivity index (χ3v) is 6.13. The van der Waals surface area contributed by atoms with Crippen LogP contribution in [0.5, 0.6) is 0 Å². The number of amides is 1. The summed E-state index contributed by atoms with van der Waals surface area (Å²) in [5.41, 5.74) is 2.91. The molecule has 2 N–H and O–H groups in total. The SMILES string of the molecule is O=C(c1ccc(-c2csc3ccccc23)cc1)N1CC[C@H](CO)[C@H](O)C1. The summed E-state index contributed by atoms with van der Waals surface area (Å²) in [7, 11) is 0. The van der Waals surface area contributed by atoms with Crippen molar-refractivity contribution in [1.29, 1.82) is 0 Å². The first-order chi connectivity index (χ1) is 12.7. The van der Waals surface area contributed by atoms with Crippen molar-refractivity contribution in [3.8, 4) is 11.1 Å². The zero-order valence-electron chi connectivity index (χ0n) is 14.3. The molecule has 0 spiro atoms. The third kappa shape index (κ3) is 3.14. The fourth-order valence-electron chi connectivity index (χ4n) is 3.55. The van der Waals surface area contributed by atoms with Gasteiger partial charge < -0.3 is 15.1 Å². The number of rotatable bonds is 3. The molecule has 1 aromatic heterocycles. The van der Waals surface area contributed by atoms with E-state index >= 15 is 0 Å². The minimum atomic E-state index is -0.658. The molecule has 5 heteroatoms. The van der Waals surface area contributed by atoms with Gasteiger partial charge in [0.2, 0.25) is 0 Å². The van der Waals surface area contributed by atoms with Gasteiger partial charge in [0.05, 0.1) is 6.10 Å². The van der Waals surface area contributed by atoms with E-state index in [1.54, 1.807) is 16.2 Å². The van der Waals surface area contributed by atoms with Gasteiger partial charge in [-0.1, -0.05) is 30.3 Å². The monoisotopic (exact) mass is 367 g/mol. The van der Waals surface area contributed by atoms with Crippen LogP contribution in [0, 0.1) is 5.92 Å². The summed E-state index contributed by atoms with van der Waals surface area (Å²) in [6.07, 6.45) is -0.0308. The molecule has 2 atom stereocenters. The van der Waals surface area contributed by atoms with Crippen molar-refractivity contribution in [3.05, 3.63) is 59.5 Å². The van der Waals surface area contributed by atoms with Crippen LogP contribution in [0.2, 0.25) is 0 Å². The Labute approximate surface area is 156 Å². The van der Waals surface area contributed by atoms with Crippen molar-refractivity contribution in [2.45, 2.75) is 12.5 Å². The maximum absolute atomic E-state index is 12.7. The third-order valence-electron chi connectivity index (χ3n) is 5.17. The lowest BCUT2D eigenvalue weighted by Gasteiger charge is -2.35. The van der Waals surface area contributed by atoms with Gasteiger partial charge in [-0.25, -0.2) is 0 Å². The van der Waals surface area contributed by atoms with Crippen molar-refractivity contribution in [1.82, 2.24) is 4.90 Å². The number of aliphatic hydroxyl groups is 2. The Hall–Kier alpha value is -2.21. The van der Waals surface area contributed by atoms with E-state index in [1.165, 1.54) is 15.6 Å². The number of thiophene rings is 1. The molecule has 1 aliphatic heterocycles. The van der Waals surface area contributed by atoms with Crippen LogP contribution in [0.15, 0.2) is 53.9 Å². The second kappa shape index (κ2) is 7.19. The number of nitrogens with zero attached hydrogens (tertiary/aromatic N) is 1. The Morgan fingerprint density at radius 1 is 1.15 bits per heavy atom. The van der Waals surface area contributed by atoms with Crippen LogP contribution in [0.3, 0.4) is 0 Å². The lowest BCUT2D eigenvalue weighted by atomic mass is 9.94. The zero-order chi connectivity index (χ0) is 18.1. The van der Waals surface area contributed by atoms with E-state index in [-0.39, 0.29) is 25.0 Å². The summed E-state index contributed by atoms with van der Waals surface area (Å²) in [6.45, 7) is 0.811. The Bertz CT molecular complexity index is 918. The predicted molar refractivity (Wildman–Crippen MR) is 104 cm³/mol. The lowest BCUT2D eigenvalue weighted by molar-refractivity contribution is 0.000878. The van der Waals surface area contributed by atoms with E-state index in [4.69, 9.17) is 0 Å². The van der Waals surface area contributed by atoms with Gasteiger partial charge in [0, 0.05) is 46.8 Å². The molecule has 4 nitrogen and oxygen atoms in total. The number of β-amino-alcohol motifs (C(OH)–C–C–N with tert-alkyl or cyclic N) is 1. The molecule has 0 aliphatic carbocycles. The molecule has 2 aromatic carbocycles. The highest BCUT2D eigenvalue weighted by molar-refractivity contribution is 7.17. The van der Waals surface area contributed by atoms with Crippen molar-refractivity contribution in [2.24, 2.45) is 5.92 Å². The number of piperidine rings is 1. The summed E-state index contributed by atoms with van der Waals surface area (Å²) < 4.78 is 1.25. The normalized spacial score (nSPS) is 20.5.